The zero-order valence-electron chi connectivity index (χ0n) is 19.5. The normalized spacial score (nSPS) is 25.2. The van der Waals surface area contributed by atoms with Crippen LogP contribution in [-0.2, 0) is 15.1 Å². The van der Waals surface area contributed by atoms with Crippen molar-refractivity contribution in [2.75, 3.05) is 19.8 Å². The molecule has 3 aromatic rings. The molecule has 3 aliphatic rings. The molecule has 1 N–H and O–H groups in total. The van der Waals surface area contributed by atoms with Crippen LogP contribution in [0.2, 0.25) is 0 Å². The summed E-state index contributed by atoms with van der Waals surface area (Å²) in [5.74, 6) is -0.591. The van der Waals surface area contributed by atoms with E-state index in [4.69, 9.17) is 9.47 Å². The molecule has 2 aromatic carbocycles. The first-order valence-electron chi connectivity index (χ1n) is 12.0. The number of hydrogen-bond acceptors (Lipinski definition) is 5. The number of carbonyl (C=O) groups excluding carboxylic acids is 1. The fourth-order valence-corrected chi connectivity index (χ4v) is 6.19. The number of fused-ring (bicyclic) bond motifs is 5. The second-order valence-corrected chi connectivity index (χ2v) is 9.76. The van der Waals surface area contributed by atoms with Gasteiger partial charge in [0.1, 0.15) is 6.61 Å². The maximum absolute atomic E-state index is 13.6. The highest BCUT2D eigenvalue weighted by atomic mass is 19.1. The predicted molar refractivity (Wildman–Crippen MR) is 127 cm³/mol. The number of rotatable bonds is 3. The Morgan fingerprint density at radius 2 is 1.66 bits per heavy atom. The van der Waals surface area contributed by atoms with Crippen LogP contribution in [-0.4, -0.2) is 53.0 Å². The molecule has 2 fully saturated rings. The average Bonchev–Trinajstić information content (AvgIpc) is 3.15. The van der Waals surface area contributed by atoms with Crippen molar-refractivity contribution >= 4 is 6.09 Å². The van der Waals surface area contributed by atoms with Crippen molar-refractivity contribution in [2.45, 2.75) is 43.4 Å². The van der Waals surface area contributed by atoms with Crippen molar-refractivity contribution in [1.82, 2.24) is 9.88 Å². The molecule has 0 radical (unpaired) electrons. The van der Waals surface area contributed by atoms with E-state index in [0.29, 0.717) is 24.5 Å². The van der Waals surface area contributed by atoms with Gasteiger partial charge < -0.3 is 14.6 Å². The lowest BCUT2D eigenvalue weighted by Gasteiger charge is -2.51. The van der Waals surface area contributed by atoms with E-state index in [1.54, 1.807) is 17.9 Å². The largest absolute Gasteiger partial charge is 0.448 e. The molecule has 2 bridgehead atoms. The Kier molecular flexibility index (Phi) is 5.34. The zero-order valence-corrected chi connectivity index (χ0v) is 19.5. The summed E-state index contributed by atoms with van der Waals surface area (Å²) in [6.45, 7) is 2.57. The van der Waals surface area contributed by atoms with Crippen LogP contribution in [0.1, 0.15) is 41.1 Å². The summed E-state index contributed by atoms with van der Waals surface area (Å²) in [5, 5.41) is 11.5. The fourth-order valence-electron chi connectivity index (χ4n) is 6.19. The quantitative estimate of drug-likeness (QED) is 0.565. The molecule has 2 unspecified atom stereocenters. The van der Waals surface area contributed by atoms with Crippen LogP contribution in [0.4, 0.5) is 9.18 Å². The van der Waals surface area contributed by atoms with Gasteiger partial charge >= 0.3 is 6.09 Å². The average molecular weight is 475 g/mol. The molecule has 180 valence electrons. The van der Waals surface area contributed by atoms with Crippen molar-refractivity contribution < 1.29 is 23.8 Å². The van der Waals surface area contributed by atoms with Crippen molar-refractivity contribution in [3.63, 3.8) is 0 Å². The Morgan fingerprint density at radius 3 is 2.26 bits per heavy atom. The summed E-state index contributed by atoms with van der Waals surface area (Å²) in [5.41, 5.74) is 4.55. The minimum absolute atomic E-state index is 0.0166. The van der Waals surface area contributed by atoms with Gasteiger partial charge in [0.15, 0.2) is 0 Å². The molecule has 0 saturated carbocycles. The lowest BCUT2D eigenvalue weighted by atomic mass is 9.76. The molecule has 2 atom stereocenters. The Balaban J connectivity index is 1.21. The van der Waals surface area contributed by atoms with Gasteiger partial charge in [0.25, 0.3) is 0 Å². The minimum Gasteiger partial charge on any atom is -0.448 e. The van der Waals surface area contributed by atoms with Crippen LogP contribution < -0.4 is 0 Å². The number of amides is 1. The number of carbonyl (C=O) groups is 1. The van der Waals surface area contributed by atoms with Gasteiger partial charge in [-0.2, -0.15) is 4.39 Å². The Labute approximate surface area is 203 Å². The van der Waals surface area contributed by atoms with Gasteiger partial charge in [-0.3, -0.25) is 4.90 Å². The molecule has 6 rings (SSSR count). The number of ether oxygens (including phenoxy) is 2. The molecular weight excluding hydrogens is 447 g/mol. The predicted octanol–water partition coefficient (Wildman–Crippen LogP) is 4.53. The fraction of sp³-hybridized carbons (Fsp3) is 0.357. The first-order valence-corrected chi connectivity index (χ1v) is 12.0. The topological polar surface area (TPSA) is 71.9 Å². The smallest absolute Gasteiger partial charge is 0.410 e. The maximum atomic E-state index is 13.6. The number of benzene rings is 2. The van der Waals surface area contributed by atoms with Gasteiger partial charge in [-0.05, 0) is 41.3 Å². The third kappa shape index (κ3) is 3.70. The van der Waals surface area contributed by atoms with Gasteiger partial charge in [0.05, 0.1) is 30.9 Å². The molecule has 6 nitrogen and oxygen atoms in total. The van der Waals surface area contributed by atoms with Crippen LogP contribution in [0, 0.1) is 12.9 Å². The molecule has 1 amide bonds. The molecule has 0 spiro atoms. The van der Waals surface area contributed by atoms with Gasteiger partial charge in [-0.25, -0.2) is 9.78 Å². The highest BCUT2D eigenvalue weighted by molar-refractivity contribution is 5.79. The summed E-state index contributed by atoms with van der Waals surface area (Å²) < 4.78 is 25.2. The molecule has 7 heteroatoms. The van der Waals surface area contributed by atoms with Crippen LogP contribution in [0.15, 0.2) is 60.7 Å². The van der Waals surface area contributed by atoms with Gasteiger partial charge in [-0.15, -0.1) is 0 Å². The second kappa shape index (κ2) is 8.43. The molecular formula is C28H27FN2O4. The molecule has 2 saturated heterocycles. The number of nitrogens with zero attached hydrogens (tertiary/aromatic N) is 2. The summed E-state index contributed by atoms with van der Waals surface area (Å²) >= 11 is 0. The van der Waals surface area contributed by atoms with Crippen molar-refractivity contribution in [3.8, 4) is 11.1 Å². The highest BCUT2D eigenvalue weighted by Gasteiger charge is 2.50. The Morgan fingerprint density at radius 1 is 1.06 bits per heavy atom. The number of aryl methyl sites for hydroxylation is 1. The number of hydrogen-bond donors (Lipinski definition) is 1. The monoisotopic (exact) mass is 474 g/mol. The van der Waals surface area contributed by atoms with Crippen molar-refractivity contribution in [1.29, 1.82) is 0 Å². The third-order valence-corrected chi connectivity index (χ3v) is 7.65. The van der Waals surface area contributed by atoms with Crippen molar-refractivity contribution in [3.05, 3.63) is 89.0 Å². The van der Waals surface area contributed by atoms with E-state index in [9.17, 15) is 14.3 Å². The lowest BCUT2D eigenvalue weighted by Crippen LogP contribution is -2.62. The molecule has 2 aliphatic heterocycles. The lowest BCUT2D eigenvalue weighted by molar-refractivity contribution is -0.136. The van der Waals surface area contributed by atoms with E-state index >= 15 is 0 Å². The van der Waals surface area contributed by atoms with Crippen LogP contribution in [0.25, 0.3) is 11.1 Å². The van der Waals surface area contributed by atoms with E-state index < -0.39 is 11.5 Å². The number of pyridine rings is 1. The first-order chi connectivity index (χ1) is 16.9. The molecule has 35 heavy (non-hydrogen) atoms. The third-order valence-electron chi connectivity index (χ3n) is 7.65. The highest BCUT2D eigenvalue weighted by Crippen LogP contribution is 2.45. The minimum atomic E-state index is -1.20. The molecule has 1 aliphatic carbocycles. The Bertz CT molecular complexity index is 1240. The number of piperidine rings is 1. The molecule has 1 aromatic heterocycles. The van der Waals surface area contributed by atoms with Gasteiger partial charge in [0, 0.05) is 30.0 Å². The summed E-state index contributed by atoms with van der Waals surface area (Å²) in [6, 6.07) is 18.7. The maximum Gasteiger partial charge on any atom is 0.410 e. The van der Waals surface area contributed by atoms with E-state index in [1.807, 2.05) is 24.3 Å². The number of halogens is 1. The van der Waals surface area contributed by atoms with Gasteiger partial charge in [0.2, 0.25) is 5.95 Å². The first kappa shape index (κ1) is 22.2. The summed E-state index contributed by atoms with van der Waals surface area (Å²) in [7, 11) is 0. The van der Waals surface area contributed by atoms with E-state index in [0.717, 1.165) is 11.1 Å². The summed E-state index contributed by atoms with van der Waals surface area (Å²) in [6.07, 6.45) is 0.171. The standard InChI is InChI=1S/C28H27FN2O4/c1-17-25(10-11-26(29)30-17)28(33)12-18-14-34-15-19(13-28)31(18)27(32)35-16-24-22-8-4-2-6-20(22)21-7-3-5-9-23(21)24/h2-11,18-19,24,33H,12-16H2,1H3. The Hall–Kier alpha value is -3.29. The number of morpholine rings is 1. The molecule has 3 heterocycles. The second-order valence-electron chi connectivity index (χ2n) is 9.76. The van der Waals surface area contributed by atoms with E-state index in [-0.39, 0.29) is 43.5 Å². The van der Waals surface area contributed by atoms with E-state index in [2.05, 4.69) is 29.2 Å². The SMILES string of the molecule is Cc1nc(F)ccc1C1(O)CC2COCC(C1)N2C(=O)OCC1c2ccccc2-c2ccccc21. The van der Waals surface area contributed by atoms with Gasteiger partial charge in [-0.1, -0.05) is 48.5 Å². The number of aliphatic hydroxyl groups is 1. The zero-order chi connectivity index (χ0) is 24.2. The van der Waals surface area contributed by atoms with E-state index in [1.165, 1.54) is 17.2 Å². The van der Waals surface area contributed by atoms with Crippen LogP contribution in [0.5, 0.6) is 0 Å². The van der Waals surface area contributed by atoms with Crippen LogP contribution in [0.3, 0.4) is 0 Å². The van der Waals surface area contributed by atoms with Crippen LogP contribution >= 0.6 is 0 Å². The number of aromatic nitrogens is 1. The van der Waals surface area contributed by atoms with Crippen molar-refractivity contribution in [2.24, 2.45) is 0 Å². The summed E-state index contributed by atoms with van der Waals surface area (Å²) in [4.78, 5) is 19.0.